The van der Waals surface area contributed by atoms with Crippen LogP contribution in [0, 0.1) is 5.92 Å². The zero-order chi connectivity index (χ0) is 17.1. The fraction of sp³-hybridized carbons (Fsp3) is 0.588. The molecule has 0 aromatic carbocycles. The van der Waals surface area contributed by atoms with Crippen molar-refractivity contribution >= 4 is 17.6 Å². The van der Waals surface area contributed by atoms with Gasteiger partial charge in [-0.1, -0.05) is 13.8 Å². The Balaban J connectivity index is 1.75. The lowest BCUT2D eigenvalue weighted by Crippen LogP contribution is -2.54. The zero-order valence-electron chi connectivity index (χ0n) is 14.1. The summed E-state index contributed by atoms with van der Waals surface area (Å²) in [5, 5.41) is 0. The molecule has 3 heterocycles. The first kappa shape index (κ1) is 16.7. The standard InChI is InChI=1S/C17H23N3O4/c1-12(2)8-13-10-23-7-6-19(13)15(21)9-20-16(22)11-24-14-4-3-5-18-17(14)20/h3-5,12-13H,6-11H2,1-2H3/t13-/m1/s1. The highest BCUT2D eigenvalue weighted by atomic mass is 16.5. The Hall–Kier alpha value is -2.15. The van der Waals surface area contributed by atoms with E-state index in [0.717, 1.165) is 6.42 Å². The Labute approximate surface area is 141 Å². The van der Waals surface area contributed by atoms with Gasteiger partial charge in [-0.2, -0.15) is 0 Å². The van der Waals surface area contributed by atoms with E-state index in [4.69, 9.17) is 9.47 Å². The van der Waals surface area contributed by atoms with Crippen LogP contribution in [0.1, 0.15) is 20.3 Å². The summed E-state index contributed by atoms with van der Waals surface area (Å²) in [6.45, 7) is 5.82. The van der Waals surface area contributed by atoms with Crippen molar-refractivity contribution < 1.29 is 19.1 Å². The van der Waals surface area contributed by atoms with Crippen LogP contribution in [0.25, 0.3) is 0 Å². The highest BCUT2D eigenvalue weighted by Crippen LogP contribution is 2.29. The van der Waals surface area contributed by atoms with Gasteiger partial charge in [0.15, 0.2) is 18.2 Å². The first-order valence-electron chi connectivity index (χ1n) is 8.31. The number of anilines is 1. The fourth-order valence-electron chi connectivity index (χ4n) is 3.14. The smallest absolute Gasteiger partial charge is 0.266 e. The van der Waals surface area contributed by atoms with Crippen LogP contribution in [0.3, 0.4) is 0 Å². The van der Waals surface area contributed by atoms with E-state index in [1.807, 2.05) is 4.90 Å². The number of morpholine rings is 1. The molecule has 0 bridgehead atoms. The average molecular weight is 333 g/mol. The Morgan fingerprint density at radius 2 is 2.29 bits per heavy atom. The van der Waals surface area contributed by atoms with Gasteiger partial charge in [-0.05, 0) is 24.5 Å². The minimum absolute atomic E-state index is 0.0131. The van der Waals surface area contributed by atoms with Crippen LogP contribution in [0.5, 0.6) is 5.75 Å². The van der Waals surface area contributed by atoms with Crippen molar-refractivity contribution in [2.75, 3.05) is 37.8 Å². The van der Waals surface area contributed by atoms with Crippen molar-refractivity contribution in [1.82, 2.24) is 9.88 Å². The molecule has 1 aromatic heterocycles. The Morgan fingerprint density at radius 3 is 3.08 bits per heavy atom. The number of hydrogen-bond donors (Lipinski definition) is 0. The van der Waals surface area contributed by atoms with Crippen LogP contribution in [0.4, 0.5) is 5.82 Å². The van der Waals surface area contributed by atoms with E-state index in [0.29, 0.717) is 37.2 Å². The molecule has 7 heteroatoms. The number of carbonyl (C=O) groups is 2. The van der Waals surface area contributed by atoms with Gasteiger partial charge in [0, 0.05) is 12.7 Å². The summed E-state index contributed by atoms with van der Waals surface area (Å²) in [6.07, 6.45) is 2.48. The van der Waals surface area contributed by atoms with E-state index in [9.17, 15) is 9.59 Å². The van der Waals surface area contributed by atoms with Crippen LogP contribution in [0.15, 0.2) is 18.3 Å². The third-order valence-corrected chi connectivity index (χ3v) is 4.24. The van der Waals surface area contributed by atoms with Gasteiger partial charge in [-0.3, -0.25) is 14.5 Å². The molecule has 0 aliphatic carbocycles. The van der Waals surface area contributed by atoms with Crippen molar-refractivity contribution in [3.05, 3.63) is 18.3 Å². The Kier molecular flexibility index (Phi) is 4.99. The van der Waals surface area contributed by atoms with Crippen molar-refractivity contribution in [2.24, 2.45) is 5.92 Å². The summed E-state index contributed by atoms with van der Waals surface area (Å²) in [4.78, 5) is 32.5. The SMILES string of the molecule is CC(C)C[C@@H]1COCCN1C(=O)CN1C(=O)COc2cccnc21. The van der Waals surface area contributed by atoms with Crippen molar-refractivity contribution in [3.8, 4) is 5.75 Å². The number of amides is 2. The number of ether oxygens (including phenoxy) is 2. The van der Waals surface area contributed by atoms with Crippen LogP contribution in [-0.4, -0.2) is 60.7 Å². The number of nitrogens with zero attached hydrogens (tertiary/aromatic N) is 3. The second-order valence-corrected chi connectivity index (χ2v) is 6.54. The zero-order valence-corrected chi connectivity index (χ0v) is 14.1. The minimum Gasteiger partial charge on any atom is -0.480 e. The van der Waals surface area contributed by atoms with Gasteiger partial charge >= 0.3 is 0 Å². The van der Waals surface area contributed by atoms with Gasteiger partial charge in [0.2, 0.25) is 5.91 Å². The average Bonchev–Trinajstić information content (AvgIpc) is 2.57. The molecule has 1 saturated heterocycles. The highest BCUT2D eigenvalue weighted by molar-refractivity contribution is 6.01. The first-order valence-corrected chi connectivity index (χ1v) is 8.31. The van der Waals surface area contributed by atoms with Crippen LogP contribution < -0.4 is 9.64 Å². The van der Waals surface area contributed by atoms with E-state index in [1.54, 1.807) is 18.3 Å². The Bertz CT molecular complexity index is 620. The monoisotopic (exact) mass is 333 g/mol. The molecule has 130 valence electrons. The molecule has 0 unspecified atom stereocenters. The molecule has 2 aliphatic rings. The van der Waals surface area contributed by atoms with E-state index in [2.05, 4.69) is 18.8 Å². The summed E-state index contributed by atoms with van der Waals surface area (Å²) < 4.78 is 10.9. The van der Waals surface area contributed by atoms with Crippen molar-refractivity contribution in [3.63, 3.8) is 0 Å². The quantitative estimate of drug-likeness (QED) is 0.824. The third kappa shape index (κ3) is 3.51. The van der Waals surface area contributed by atoms with E-state index >= 15 is 0 Å². The van der Waals surface area contributed by atoms with Gasteiger partial charge in [0.25, 0.3) is 5.91 Å². The third-order valence-electron chi connectivity index (χ3n) is 4.24. The molecular formula is C17H23N3O4. The molecular weight excluding hydrogens is 310 g/mol. The number of carbonyl (C=O) groups excluding carboxylic acids is 2. The second kappa shape index (κ2) is 7.17. The molecule has 1 atom stereocenters. The summed E-state index contributed by atoms with van der Waals surface area (Å²) in [5.41, 5.74) is 0. The van der Waals surface area contributed by atoms with E-state index in [1.165, 1.54) is 4.90 Å². The largest absolute Gasteiger partial charge is 0.480 e. The number of hydrogen-bond acceptors (Lipinski definition) is 5. The maximum atomic E-state index is 12.8. The lowest BCUT2D eigenvalue weighted by molar-refractivity contribution is -0.140. The number of fused-ring (bicyclic) bond motifs is 1. The maximum absolute atomic E-state index is 12.8. The predicted molar refractivity (Wildman–Crippen MR) is 87.9 cm³/mol. The minimum atomic E-state index is -0.247. The molecule has 1 aromatic rings. The van der Waals surface area contributed by atoms with Gasteiger partial charge in [0.05, 0.1) is 19.3 Å². The normalized spacial score (nSPS) is 20.8. The lowest BCUT2D eigenvalue weighted by atomic mass is 10.0. The van der Waals surface area contributed by atoms with Gasteiger partial charge < -0.3 is 14.4 Å². The molecule has 0 N–H and O–H groups in total. The molecule has 0 radical (unpaired) electrons. The molecule has 1 fully saturated rings. The van der Waals surface area contributed by atoms with Crippen LogP contribution in [0.2, 0.25) is 0 Å². The van der Waals surface area contributed by atoms with Crippen molar-refractivity contribution in [2.45, 2.75) is 26.3 Å². The van der Waals surface area contributed by atoms with Gasteiger partial charge in [-0.15, -0.1) is 0 Å². The van der Waals surface area contributed by atoms with Crippen molar-refractivity contribution in [1.29, 1.82) is 0 Å². The summed E-state index contributed by atoms with van der Waals surface area (Å²) in [7, 11) is 0. The number of aromatic nitrogens is 1. The molecule has 2 amide bonds. The summed E-state index contributed by atoms with van der Waals surface area (Å²) in [6, 6.07) is 3.56. The summed E-state index contributed by atoms with van der Waals surface area (Å²) in [5.74, 6) is 1.10. The highest BCUT2D eigenvalue weighted by Gasteiger charge is 2.33. The molecule has 24 heavy (non-hydrogen) atoms. The van der Waals surface area contributed by atoms with Gasteiger partial charge in [-0.25, -0.2) is 4.98 Å². The lowest BCUT2D eigenvalue weighted by Gasteiger charge is -2.38. The van der Waals surface area contributed by atoms with E-state index < -0.39 is 0 Å². The predicted octanol–water partition coefficient (Wildman–Crippen LogP) is 1.08. The summed E-state index contributed by atoms with van der Waals surface area (Å²) >= 11 is 0. The molecule has 0 spiro atoms. The number of rotatable bonds is 4. The van der Waals surface area contributed by atoms with Crippen LogP contribution in [-0.2, 0) is 14.3 Å². The number of pyridine rings is 1. The van der Waals surface area contributed by atoms with E-state index in [-0.39, 0.29) is 31.0 Å². The molecule has 7 nitrogen and oxygen atoms in total. The maximum Gasteiger partial charge on any atom is 0.266 e. The molecule has 2 aliphatic heterocycles. The second-order valence-electron chi connectivity index (χ2n) is 6.54. The van der Waals surface area contributed by atoms with Crippen LogP contribution >= 0.6 is 0 Å². The fourth-order valence-corrected chi connectivity index (χ4v) is 3.14. The first-order chi connectivity index (χ1) is 11.6. The Morgan fingerprint density at radius 1 is 1.46 bits per heavy atom. The molecule has 0 saturated carbocycles. The topological polar surface area (TPSA) is 72.0 Å². The molecule has 3 rings (SSSR count). The van der Waals surface area contributed by atoms with Gasteiger partial charge in [0.1, 0.15) is 6.54 Å².